The van der Waals surface area contributed by atoms with Gasteiger partial charge in [0.05, 0.1) is 23.7 Å². The fraction of sp³-hybridized carbons (Fsp3) is 0.421. The number of hydrogen-bond acceptors (Lipinski definition) is 6. The molecule has 138 valence electrons. The van der Waals surface area contributed by atoms with Crippen LogP contribution in [0.2, 0.25) is 0 Å². The number of rotatable bonds is 7. The quantitative estimate of drug-likeness (QED) is 0.605. The number of benzene rings is 1. The number of aliphatic hydroxyl groups excluding tert-OH is 1. The van der Waals surface area contributed by atoms with Crippen LogP contribution in [0.3, 0.4) is 0 Å². The molecule has 0 spiro atoms. The summed E-state index contributed by atoms with van der Waals surface area (Å²) < 4.78 is 1.72. The van der Waals surface area contributed by atoms with E-state index in [-0.39, 0.29) is 6.61 Å². The molecular weight excluding hydrogens is 328 g/mol. The molecule has 0 radical (unpaired) electrons. The lowest BCUT2D eigenvalue weighted by atomic mass is 10.0. The van der Waals surface area contributed by atoms with Crippen molar-refractivity contribution in [1.82, 2.24) is 19.7 Å². The lowest BCUT2D eigenvalue weighted by Gasteiger charge is -2.24. The topological polar surface area (TPSA) is 87.9 Å². The Morgan fingerprint density at radius 1 is 1.19 bits per heavy atom. The molecule has 2 aromatic heterocycles. The number of aliphatic hydroxyl groups is 1. The van der Waals surface area contributed by atoms with Crippen molar-refractivity contribution in [3.8, 4) is 0 Å². The zero-order chi connectivity index (χ0) is 18.7. The molecule has 0 bridgehead atoms. The number of aromatic nitrogens is 4. The van der Waals surface area contributed by atoms with E-state index in [0.717, 1.165) is 17.6 Å². The summed E-state index contributed by atoms with van der Waals surface area (Å²) in [7, 11) is 1.85. The van der Waals surface area contributed by atoms with Crippen LogP contribution in [-0.4, -0.2) is 43.5 Å². The van der Waals surface area contributed by atoms with Crippen molar-refractivity contribution < 1.29 is 5.11 Å². The van der Waals surface area contributed by atoms with Crippen LogP contribution in [-0.2, 0) is 7.05 Å². The van der Waals surface area contributed by atoms with Crippen molar-refractivity contribution in [1.29, 1.82) is 0 Å². The Hall–Kier alpha value is -2.67. The summed E-state index contributed by atoms with van der Waals surface area (Å²) in [5.74, 6) is 1.53. The number of anilines is 2. The van der Waals surface area contributed by atoms with E-state index in [2.05, 4.69) is 44.8 Å². The summed E-state index contributed by atoms with van der Waals surface area (Å²) in [5, 5.41) is 21.3. The van der Waals surface area contributed by atoms with Gasteiger partial charge in [0.2, 0.25) is 5.95 Å². The van der Waals surface area contributed by atoms with Gasteiger partial charge in [0.15, 0.2) is 5.65 Å². The average Bonchev–Trinajstić information content (AvgIpc) is 3.01. The van der Waals surface area contributed by atoms with Gasteiger partial charge in [0, 0.05) is 13.6 Å². The molecule has 26 heavy (non-hydrogen) atoms. The second-order valence-electron chi connectivity index (χ2n) is 7.26. The molecule has 0 aliphatic rings. The Kier molecular flexibility index (Phi) is 5.08. The molecular formula is C19H26N6O. The zero-order valence-electron chi connectivity index (χ0n) is 15.7. The standard InChI is InChI=1S/C19H26N6O/c1-13(14-8-6-5-7-9-14)10-20-18-22-16(24-19(2,3)12-26)15-11-21-25(4)17(15)23-18/h5-9,11,13,26H,10,12H2,1-4H3,(H2,20,22,23,24). The van der Waals surface area contributed by atoms with Gasteiger partial charge in [-0.2, -0.15) is 15.1 Å². The predicted molar refractivity (Wildman–Crippen MR) is 104 cm³/mol. The second-order valence-corrected chi connectivity index (χ2v) is 7.26. The highest BCUT2D eigenvalue weighted by atomic mass is 16.3. The van der Waals surface area contributed by atoms with E-state index in [1.54, 1.807) is 10.9 Å². The first-order chi connectivity index (χ1) is 12.4. The van der Waals surface area contributed by atoms with Gasteiger partial charge < -0.3 is 15.7 Å². The van der Waals surface area contributed by atoms with Crippen molar-refractivity contribution in [2.24, 2.45) is 7.05 Å². The predicted octanol–water partition coefficient (Wildman–Crippen LogP) is 2.76. The minimum atomic E-state index is -0.494. The van der Waals surface area contributed by atoms with Crippen LogP contribution < -0.4 is 10.6 Å². The van der Waals surface area contributed by atoms with Crippen LogP contribution in [0.5, 0.6) is 0 Å². The third-order valence-electron chi connectivity index (χ3n) is 4.38. The van der Waals surface area contributed by atoms with E-state index in [0.29, 0.717) is 17.7 Å². The normalized spacial score (nSPS) is 13.0. The number of nitrogens with zero attached hydrogens (tertiary/aromatic N) is 4. The Morgan fingerprint density at radius 2 is 1.92 bits per heavy atom. The maximum absolute atomic E-state index is 9.56. The lowest BCUT2D eigenvalue weighted by molar-refractivity contribution is 0.234. The van der Waals surface area contributed by atoms with Crippen molar-refractivity contribution in [3.63, 3.8) is 0 Å². The Balaban J connectivity index is 1.85. The van der Waals surface area contributed by atoms with Gasteiger partial charge in [-0.05, 0) is 25.3 Å². The van der Waals surface area contributed by atoms with Crippen molar-refractivity contribution >= 4 is 22.8 Å². The molecule has 3 N–H and O–H groups in total. The molecule has 1 atom stereocenters. The maximum atomic E-state index is 9.56. The summed E-state index contributed by atoms with van der Waals surface area (Å²) in [5.41, 5.74) is 1.51. The third kappa shape index (κ3) is 3.94. The summed E-state index contributed by atoms with van der Waals surface area (Å²) in [4.78, 5) is 9.21. The second kappa shape index (κ2) is 7.29. The third-order valence-corrected chi connectivity index (χ3v) is 4.38. The number of aryl methyl sites for hydroxylation is 1. The average molecular weight is 354 g/mol. The molecule has 0 aliphatic carbocycles. The lowest BCUT2D eigenvalue weighted by Crippen LogP contribution is -2.35. The van der Waals surface area contributed by atoms with Crippen LogP contribution in [0.15, 0.2) is 36.5 Å². The molecule has 7 heteroatoms. The number of hydrogen-bond donors (Lipinski definition) is 3. The van der Waals surface area contributed by atoms with Gasteiger partial charge in [0.25, 0.3) is 0 Å². The highest BCUT2D eigenvalue weighted by Gasteiger charge is 2.20. The maximum Gasteiger partial charge on any atom is 0.226 e. The minimum absolute atomic E-state index is 0.00738. The molecule has 2 heterocycles. The summed E-state index contributed by atoms with van der Waals surface area (Å²) in [6.45, 7) is 6.71. The van der Waals surface area contributed by atoms with Gasteiger partial charge in [0.1, 0.15) is 5.82 Å². The summed E-state index contributed by atoms with van der Waals surface area (Å²) in [6.07, 6.45) is 1.74. The molecule has 0 saturated carbocycles. The van der Waals surface area contributed by atoms with Gasteiger partial charge in [-0.1, -0.05) is 37.3 Å². The van der Waals surface area contributed by atoms with E-state index in [4.69, 9.17) is 0 Å². The highest BCUT2D eigenvalue weighted by Crippen LogP contribution is 2.24. The van der Waals surface area contributed by atoms with Gasteiger partial charge in [-0.25, -0.2) is 0 Å². The molecule has 0 fully saturated rings. The van der Waals surface area contributed by atoms with E-state index in [9.17, 15) is 5.11 Å². The van der Waals surface area contributed by atoms with Crippen LogP contribution in [0.4, 0.5) is 11.8 Å². The van der Waals surface area contributed by atoms with Gasteiger partial charge in [-0.15, -0.1) is 0 Å². The van der Waals surface area contributed by atoms with Crippen LogP contribution in [0, 0.1) is 0 Å². The summed E-state index contributed by atoms with van der Waals surface area (Å²) >= 11 is 0. The largest absolute Gasteiger partial charge is 0.394 e. The van der Waals surface area contributed by atoms with Crippen LogP contribution >= 0.6 is 0 Å². The van der Waals surface area contributed by atoms with Gasteiger partial charge in [-0.3, -0.25) is 4.68 Å². The van der Waals surface area contributed by atoms with Crippen LogP contribution in [0.1, 0.15) is 32.3 Å². The molecule has 0 amide bonds. The van der Waals surface area contributed by atoms with E-state index in [1.807, 2.05) is 39.1 Å². The van der Waals surface area contributed by atoms with E-state index >= 15 is 0 Å². The first kappa shape index (κ1) is 18.1. The molecule has 1 unspecified atom stereocenters. The summed E-state index contributed by atoms with van der Waals surface area (Å²) in [6, 6.07) is 10.3. The highest BCUT2D eigenvalue weighted by molar-refractivity contribution is 5.87. The first-order valence-corrected chi connectivity index (χ1v) is 8.77. The first-order valence-electron chi connectivity index (χ1n) is 8.77. The Labute approximate surface area is 153 Å². The zero-order valence-corrected chi connectivity index (χ0v) is 15.7. The monoisotopic (exact) mass is 354 g/mol. The van der Waals surface area contributed by atoms with E-state index < -0.39 is 5.54 Å². The Bertz CT molecular complexity index is 874. The number of nitrogens with one attached hydrogen (secondary N) is 2. The molecule has 0 saturated heterocycles. The Morgan fingerprint density at radius 3 is 2.62 bits per heavy atom. The van der Waals surface area contributed by atoms with E-state index in [1.165, 1.54) is 5.56 Å². The van der Waals surface area contributed by atoms with Crippen molar-refractivity contribution in [3.05, 3.63) is 42.1 Å². The molecule has 1 aromatic carbocycles. The molecule has 7 nitrogen and oxygen atoms in total. The fourth-order valence-corrected chi connectivity index (χ4v) is 2.70. The minimum Gasteiger partial charge on any atom is -0.394 e. The molecule has 3 rings (SSSR count). The van der Waals surface area contributed by atoms with Crippen LogP contribution in [0.25, 0.3) is 11.0 Å². The fourth-order valence-electron chi connectivity index (χ4n) is 2.70. The van der Waals surface area contributed by atoms with Crippen molar-refractivity contribution in [2.75, 3.05) is 23.8 Å². The molecule has 0 aliphatic heterocycles. The SMILES string of the molecule is CC(CNc1nc(NC(C)(C)CO)c2cnn(C)c2n1)c1ccccc1. The number of fused-ring (bicyclic) bond motifs is 1. The van der Waals surface area contributed by atoms with Gasteiger partial charge >= 0.3 is 0 Å². The molecule has 3 aromatic rings. The smallest absolute Gasteiger partial charge is 0.226 e. The van der Waals surface area contributed by atoms with Crippen molar-refractivity contribution in [2.45, 2.75) is 32.2 Å².